The van der Waals surface area contributed by atoms with Gasteiger partial charge in [-0.05, 0) is 30.6 Å². The zero-order valence-corrected chi connectivity index (χ0v) is 10.1. The number of rotatable bonds is 1. The normalized spacial score (nSPS) is 51.9. The zero-order valence-electron chi connectivity index (χ0n) is 10.1. The molecule has 0 aromatic carbocycles. The molecule has 0 aromatic rings. The van der Waals surface area contributed by atoms with E-state index in [4.69, 9.17) is 0 Å². The van der Waals surface area contributed by atoms with Gasteiger partial charge in [-0.25, -0.2) is 0 Å². The maximum absolute atomic E-state index is 12.3. The predicted molar refractivity (Wildman–Crippen MR) is 60.9 cm³/mol. The molecule has 4 unspecified atom stereocenters. The largest absolute Gasteiger partial charge is 0.316 e. The highest BCUT2D eigenvalue weighted by Gasteiger charge is 2.63. The van der Waals surface area contributed by atoms with Gasteiger partial charge in [0.05, 0.1) is 11.8 Å². The Balaban J connectivity index is 1.59. The summed E-state index contributed by atoms with van der Waals surface area (Å²) in [5.74, 6) is 1.98. The second-order valence-electron chi connectivity index (χ2n) is 6.31. The van der Waals surface area contributed by atoms with Gasteiger partial charge in [0.1, 0.15) is 0 Å². The molecule has 17 heavy (non-hydrogen) atoms. The van der Waals surface area contributed by atoms with Gasteiger partial charge in [0.25, 0.3) is 0 Å². The van der Waals surface area contributed by atoms with Crippen molar-refractivity contribution >= 4 is 11.8 Å². The van der Waals surface area contributed by atoms with Crippen LogP contribution < -0.4 is 5.32 Å². The Morgan fingerprint density at radius 1 is 1.06 bits per heavy atom. The predicted octanol–water partition coefficient (Wildman–Crippen LogP) is 0.235. The summed E-state index contributed by atoms with van der Waals surface area (Å²) in [6, 6.07) is 0.247. The molecule has 0 radical (unpaired) electrons. The minimum Gasteiger partial charge on any atom is -0.316 e. The average Bonchev–Trinajstić information content (AvgIpc) is 2.72. The summed E-state index contributed by atoms with van der Waals surface area (Å²) < 4.78 is 0. The van der Waals surface area contributed by atoms with Crippen LogP contribution in [0.4, 0.5) is 0 Å². The minimum absolute atomic E-state index is 0.0202. The molecule has 2 heterocycles. The van der Waals surface area contributed by atoms with Gasteiger partial charge >= 0.3 is 0 Å². The van der Waals surface area contributed by atoms with Crippen molar-refractivity contribution in [1.82, 2.24) is 10.2 Å². The van der Waals surface area contributed by atoms with Crippen molar-refractivity contribution in [3.05, 3.63) is 0 Å². The van der Waals surface area contributed by atoms with Gasteiger partial charge in [-0.3, -0.25) is 14.5 Å². The molecule has 2 amide bonds. The first kappa shape index (κ1) is 10.1. The lowest BCUT2D eigenvalue weighted by Gasteiger charge is -2.19. The van der Waals surface area contributed by atoms with Crippen molar-refractivity contribution in [1.29, 1.82) is 0 Å². The van der Waals surface area contributed by atoms with E-state index in [0.717, 1.165) is 25.9 Å². The molecular weight excluding hydrogens is 216 g/mol. The topological polar surface area (TPSA) is 49.4 Å². The number of imide groups is 1. The first-order valence-electron chi connectivity index (χ1n) is 6.76. The zero-order chi connectivity index (χ0) is 11.7. The molecule has 2 saturated carbocycles. The molecule has 1 N–H and O–H groups in total. The SMILES string of the molecule is CC1CC2C(=O)N(C3C4CNCC43)C(=O)C2C1. The fraction of sp³-hybridized carbons (Fsp3) is 0.846. The van der Waals surface area contributed by atoms with Crippen LogP contribution >= 0.6 is 0 Å². The maximum Gasteiger partial charge on any atom is 0.233 e. The number of hydrogen-bond acceptors (Lipinski definition) is 3. The van der Waals surface area contributed by atoms with E-state index in [1.54, 1.807) is 4.90 Å². The van der Waals surface area contributed by atoms with Gasteiger partial charge in [-0.2, -0.15) is 0 Å². The molecule has 4 atom stereocenters. The summed E-state index contributed by atoms with van der Waals surface area (Å²) >= 11 is 0. The number of likely N-dealkylation sites (tertiary alicyclic amines) is 1. The van der Waals surface area contributed by atoms with Crippen LogP contribution in [0.25, 0.3) is 0 Å². The van der Waals surface area contributed by atoms with Crippen molar-refractivity contribution in [2.75, 3.05) is 13.1 Å². The third-order valence-corrected chi connectivity index (χ3v) is 5.25. The standard InChI is InChI=1S/C13H18N2O2/c1-6-2-7-8(3-6)13(17)15(12(7)16)11-9-4-14-5-10(9)11/h6-11,14H,2-5H2,1H3. The monoisotopic (exact) mass is 234 g/mol. The molecule has 2 aliphatic heterocycles. The number of amides is 2. The van der Waals surface area contributed by atoms with Gasteiger partial charge in [-0.1, -0.05) is 6.92 Å². The van der Waals surface area contributed by atoms with Crippen LogP contribution in [0, 0.1) is 29.6 Å². The van der Waals surface area contributed by atoms with Crippen LogP contribution in [0.5, 0.6) is 0 Å². The molecule has 4 rings (SSSR count). The summed E-state index contributed by atoms with van der Waals surface area (Å²) in [5.41, 5.74) is 0. The molecule has 0 bridgehead atoms. The fourth-order valence-electron chi connectivity index (χ4n) is 4.37. The second kappa shape index (κ2) is 3.10. The molecule has 2 saturated heterocycles. The Bertz CT molecular complexity index is 374. The smallest absolute Gasteiger partial charge is 0.233 e. The molecule has 4 heteroatoms. The summed E-state index contributed by atoms with van der Waals surface area (Å²) in [7, 11) is 0. The van der Waals surface area contributed by atoms with Crippen LogP contribution in [0.15, 0.2) is 0 Å². The summed E-state index contributed by atoms with van der Waals surface area (Å²) in [6.45, 7) is 4.12. The van der Waals surface area contributed by atoms with Gasteiger partial charge in [0, 0.05) is 19.1 Å². The molecule has 4 fully saturated rings. The van der Waals surface area contributed by atoms with Crippen LogP contribution in [-0.2, 0) is 9.59 Å². The fourth-order valence-corrected chi connectivity index (χ4v) is 4.37. The van der Waals surface area contributed by atoms with E-state index in [1.165, 1.54) is 0 Å². The number of hydrogen-bond donors (Lipinski definition) is 1. The van der Waals surface area contributed by atoms with Crippen molar-refractivity contribution in [3.8, 4) is 0 Å². The Hall–Kier alpha value is -0.900. The van der Waals surface area contributed by atoms with Gasteiger partial charge in [0.2, 0.25) is 11.8 Å². The lowest BCUT2D eigenvalue weighted by Crippen LogP contribution is -2.38. The number of nitrogens with zero attached hydrogens (tertiary/aromatic N) is 1. The van der Waals surface area contributed by atoms with Crippen LogP contribution in [0.2, 0.25) is 0 Å². The maximum atomic E-state index is 12.3. The van der Waals surface area contributed by atoms with E-state index in [2.05, 4.69) is 12.2 Å². The van der Waals surface area contributed by atoms with Gasteiger partial charge in [0.15, 0.2) is 0 Å². The van der Waals surface area contributed by atoms with Crippen LogP contribution in [-0.4, -0.2) is 35.8 Å². The highest BCUT2D eigenvalue weighted by molar-refractivity contribution is 6.06. The highest BCUT2D eigenvalue weighted by atomic mass is 16.2. The number of nitrogens with one attached hydrogen (secondary N) is 1. The summed E-state index contributed by atoms with van der Waals surface area (Å²) in [4.78, 5) is 26.3. The number of carbonyl (C=O) groups is 2. The lowest BCUT2D eigenvalue weighted by atomic mass is 10.00. The van der Waals surface area contributed by atoms with E-state index in [1.807, 2.05) is 0 Å². The van der Waals surface area contributed by atoms with E-state index in [-0.39, 0.29) is 29.7 Å². The van der Waals surface area contributed by atoms with Crippen LogP contribution in [0.1, 0.15) is 19.8 Å². The Morgan fingerprint density at radius 2 is 1.59 bits per heavy atom. The Morgan fingerprint density at radius 3 is 2.12 bits per heavy atom. The van der Waals surface area contributed by atoms with Gasteiger partial charge < -0.3 is 5.32 Å². The Kier molecular flexibility index (Phi) is 1.84. The van der Waals surface area contributed by atoms with Crippen molar-refractivity contribution in [2.24, 2.45) is 29.6 Å². The second-order valence-corrected chi connectivity index (χ2v) is 6.31. The molecule has 4 nitrogen and oxygen atoms in total. The minimum atomic E-state index is 0.0202. The number of fused-ring (bicyclic) bond motifs is 2. The van der Waals surface area contributed by atoms with E-state index in [0.29, 0.717) is 17.8 Å². The number of piperidine rings is 1. The summed E-state index contributed by atoms with van der Waals surface area (Å²) in [6.07, 6.45) is 1.85. The quantitative estimate of drug-likeness (QED) is 0.661. The summed E-state index contributed by atoms with van der Waals surface area (Å²) in [5, 5.41) is 3.31. The number of carbonyl (C=O) groups excluding carboxylic acids is 2. The molecule has 2 aliphatic carbocycles. The third-order valence-electron chi connectivity index (χ3n) is 5.25. The van der Waals surface area contributed by atoms with Gasteiger partial charge in [-0.15, -0.1) is 0 Å². The lowest BCUT2D eigenvalue weighted by molar-refractivity contribution is -0.141. The molecule has 0 aromatic heterocycles. The van der Waals surface area contributed by atoms with E-state index in [9.17, 15) is 9.59 Å². The Labute approximate surface area is 101 Å². The van der Waals surface area contributed by atoms with Crippen molar-refractivity contribution in [3.63, 3.8) is 0 Å². The highest BCUT2D eigenvalue weighted by Crippen LogP contribution is 2.51. The molecule has 92 valence electrons. The average molecular weight is 234 g/mol. The van der Waals surface area contributed by atoms with E-state index < -0.39 is 0 Å². The third kappa shape index (κ3) is 1.17. The van der Waals surface area contributed by atoms with Crippen LogP contribution in [0.3, 0.4) is 0 Å². The molecular formula is C13H18N2O2. The molecule has 4 aliphatic rings. The van der Waals surface area contributed by atoms with Crippen molar-refractivity contribution < 1.29 is 9.59 Å². The molecule has 0 spiro atoms. The first-order chi connectivity index (χ1) is 8.18. The van der Waals surface area contributed by atoms with E-state index >= 15 is 0 Å². The first-order valence-corrected chi connectivity index (χ1v) is 6.76. The van der Waals surface area contributed by atoms with Crippen molar-refractivity contribution in [2.45, 2.75) is 25.8 Å².